The highest BCUT2D eigenvalue weighted by atomic mass is 32.1. The van der Waals surface area contributed by atoms with E-state index in [1.807, 2.05) is 35.7 Å². The van der Waals surface area contributed by atoms with Gasteiger partial charge >= 0.3 is 0 Å². The number of aromatic nitrogens is 1. The number of hydrogen-bond donors (Lipinski definition) is 0. The molecule has 0 aliphatic heterocycles. The van der Waals surface area contributed by atoms with Crippen molar-refractivity contribution in [3.8, 4) is 11.3 Å². The number of ether oxygens (including phenoxy) is 1. The van der Waals surface area contributed by atoms with Crippen LogP contribution in [0.1, 0.15) is 5.01 Å². The molecule has 82 valence electrons. The Bertz CT molecular complexity index is 453. The van der Waals surface area contributed by atoms with Crippen LogP contribution >= 0.6 is 11.3 Å². The van der Waals surface area contributed by atoms with E-state index in [-0.39, 0.29) is 0 Å². The molecule has 2 aromatic rings. The highest BCUT2D eigenvalue weighted by Crippen LogP contribution is 2.21. The first-order valence-electron chi connectivity index (χ1n) is 4.95. The van der Waals surface area contributed by atoms with Gasteiger partial charge in [0.15, 0.2) is 0 Å². The molecule has 0 saturated carbocycles. The van der Waals surface area contributed by atoms with Crippen molar-refractivity contribution in [1.82, 2.24) is 4.98 Å². The predicted octanol–water partition coefficient (Wildman–Crippen LogP) is 2.53. The lowest BCUT2D eigenvalue weighted by atomic mass is 10.2. The molecular weight excluding hydrogens is 222 g/mol. The van der Waals surface area contributed by atoms with Crippen LogP contribution in [0.25, 0.3) is 11.3 Å². The Balaban J connectivity index is 2.05. The number of carbonyl (C=O) groups excluding carboxylic acids is 1. The largest absolute Gasteiger partial charge is 0.467 e. The fraction of sp³-hybridized carbons (Fsp3) is 0.167. The molecule has 4 heteroatoms. The van der Waals surface area contributed by atoms with Gasteiger partial charge in [0.25, 0.3) is 6.47 Å². The van der Waals surface area contributed by atoms with Gasteiger partial charge in [0.1, 0.15) is 0 Å². The maximum atomic E-state index is 9.98. The van der Waals surface area contributed by atoms with Gasteiger partial charge in [0.2, 0.25) is 0 Å². The monoisotopic (exact) mass is 233 g/mol. The van der Waals surface area contributed by atoms with E-state index in [2.05, 4.69) is 9.72 Å². The van der Waals surface area contributed by atoms with E-state index in [0.29, 0.717) is 19.5 Å². The SMILES string of the molecule is O=COCCc1nc(-c2ccccc2)cs1. The molecule has 0 aliphatic carbocycles. The lowest BCUT2D eigenvalue weighted by Crippen LogP contribution is -1.95. The van der Waals surface area contributed by atoms with Crippen molar-refractivity contribution >= 4 is 17.8 Å². The molecule has 0 atom stereocenters. The standard InChI is InChI=1S/C12H11NO2S/c14-9-15-7-6-12-13-11(8-16-12)10-4-2-1-3-5-10/h1-5,8-9H,6-7H2. The molecule has 0 aliphatic rings. The number of nitrogens with zero attached hydrogens (tertiary/aromatic N) is 1. The van der Waals surface area contributed by atoms with Crippen LogP contribution in [0, 0.1) is 0 Å². The zero-order chi connectivity index (χ0) is 11.2. The van der Waals surface area contributed by atoms with Gasteiger partial charge < -0.3 is 4.74 Å². The van der Waals surface area contributed by atoms with E-state index in [4.69, 9.17) is 0 Å². The maximum absolute atomic E-state index is 9.98. The van der Waals surface area contributed by atoms with E-state index in [1.165, 1.54) is 0 Å². The first-order chi connectivity index (χ1) is 7.90. The van der Waals surface area contributed by atoms with Crippen LogP contribution in [0.2, 0.25) is 0 Å². The van der Waals surface area contributed by atoms with Gasteiger partial charge in [-0.25, -0.2) is 4.98 Å². The second-order valence-corrected chi connectivity index (χ2v) is 4.15. The number of benzene rings is 1. The molecule has 1 aromatic heterocycles. The summed E-state index contributed by atoms with van der Waals surface area (Å²) in [5.74, 6) is 0. The Morgan fingerprint density at radius 3 is 2.88 bits per heavy atom. The molecule has 1 heterocycles. The molecule has 0 N–H and O–H groups in total. The molecule has 0 fully saturated rings. The number of rotatable bonds is 5. The smallest absolute Gasteiger partial charge is 0.293 e. The number of thiazole rings is 1. The third-order valence-corrected chi connectivity index (χ3v) is 3.03. The second-order valence-electron chi connectivity index (χ2n) is 3.21. The van der Waals surface area contributed by atoms with Crippen molar-refractivity contribution in [3.05, 3.63) is 40.7 Å². The van der Waals surface area contributed by atoms with E-state index in [9.17, 15) is 4.79 Å². The zero-order valence-electron chi connectivity index (χ0n) is 8.63. The van der Waals surface area contributed by atoms with Crippen LogP contribution in [-0.2, 0) is 16.0 Å². The molecule has 0 amide bonds. The van der Waals surface area contributed by atoms with Gasteiger partial charge in [-0.05, 0) is 0 Å². The van der Waals surface area contributed by atoms with Gasteiger partial charge in [0.05, 0.1) is 17.3 Å². The summed E-state index contributed by atoms with van der Waals surface area (Å²) in [4.78, 5) is 14.5. The molecule has 3 nitrogen and oxygen atoms in total. The van der Waals surface area contributed by atoms with Crippen LogP contribution in [0.3, 0.4) is 0 Å². The Morgan fingerprint density at radius 2 is 2.12 bits per heavy atom. The molecular formula is C12H11NO2S. The summed E-state index contributed by atoms with van der Waals surface area (Å²) in [5.41, 5.74) is 2.09. The molecule has 2 rings (SSSR count). The fourth-order valence-electron chi connectivity index (χ4n) is 1.36. The van der Waals surface area contributed by atoms with Crippen LogP contribution < -0.4 is 0 Å². The van der Waals surface area contributed by atoms with Crippen molar-refractivity contribution in [1.29, 1.82) is 0 Å². The molecule has 16 heavy (non-hydrogen) atoms. The second kappa shape index (κ2) is 5.42. The average Bonchev–Trinajstić information content (AvgIpc) is 2.79. The Labute approximate surface area is 97.7 Å². The summed E-state index contributed by atoms with van der Waals surface area (Å²) in [6, 6.07) is 10.0. The molecule has 1 aromatic carbocycles. The first-order valence-corrected chi connectivity index (χ1v) is 5.83. The average molecular weight is 233 g/mol. The summed E-state index contributed by atoms with van der Waals surface area (Å²) in [7, 11) is 0. The van der Waals surface area contributed by atoms with Crippen LogP contribution in [-0.4, -0.2) is 18.1 Å². The molecule has 0 bridgehead atoms. The van der Waals surface area contributed by atoms with Gasteiger partial charge in [-0.2, -0.15) is 0 Å². The van der Waals surface area contributed by atoms with Gasteiger partial charge in [0, 0.05) is 17.4 Å². The Kier molecular flexibility index (Phi) is 3.66. The van der Waals surface area contributed by atoms with Crippen LogP contribution in [0.5, 0.6) is 0 Å². The topological polar surface area (TPSA) is 39.2 Å². The quantitative estimate of drug-likeness (QED) is 0.588. The molecule has 0 spiro atoms. The summed E-state index contributed by atoms with van der Waals surface area (Å²) >= 11 is 1.59. The zero-order valence-corrected chi connectivity index (χ0v) is 9.44. The minimum Gasteiger partial charge on any atom is -0.467 e. The third-order valence-electron chi connectivity index (χ3n) is 2.12. The van der Waals surface area contributed by atoms with Gasteiger partial charge in [-0.1, -0.05) is 30.3 Å². The lowest BCUT2D eigenvalue weighted by molar-refractivity contribution is -0.128. The summed E-state index contributed by atoms with van der Waals surface area (Å²) in [5, 5.41) is 3.01. The van der Waals surface area contributed by atoms with Crippen molar-refractivity contribution in [2.45, 2.75) is 6.42 Å². The molecule has 0 saturated heterocycles. The van der Waals surface area contributed by atoms with Crippen LogP contribution in [0.4, 0.5) is 0 Å². The maximum Gasteiger partial charge on any atom is 0.293 e. The van der Waals surface area contributed by atoms with Crippen molar-refractivity contribution in [2.75, 3.05) is 6.61 Å². The van der Waals surface area contributed by atoms with Crippen molar-refractivity contribution < 1.29 is 9.53 Å². The Morgan fingerprint density at radius 1 is 1.31 bits per heavy atom. The first kappa shape index (κ1) is 10.8. The van der Waals surface area contributed by atoms with Crippen molar-refractivity contribution in [3.63, 3.8) is 0 Å². The van der Waals surface area contributed by atoms with Crippen molar-refractivity contribution in [2.24, 2.45) is 0 Å². The number of carbonyl (C=O) groups is 1. The minimum absolute atomic E-state index is 0.394. The minimum atomic E-state index is 0.394. The predicted molar refractivity (Wildman–Crippen MR) is 63.3 cm³/mol. The van der Waals surface area contributed by atoms with Gasteiger partial charge in [-0.3, -0.25) is 4.79 Å². The lowest BCUT2D eigenvalue weighted by Gasteiger charge is -1.95. The third kappa shape index (κ3) is 2.67. The van der Waals surface area contributed by atoms with E-state index in [0.717, 1.165) is 16.3 Å². The normalized spacial score (nSPS) is 10.0. The molecule has 0 unspecified atom stereocenters. The highest BCUT2D eigenvalue weighted by Gasteiger charge is 2.03. The van der Waals surface area contributed by atoms with Crippen LogP contribution in [0.15, 0.2) is 35.7 Å². The Hall–Kier alpha value is -1.68. The van der Waals surface area contributed by atoms with E-state index in [1.54, 1.807) is 11.3 Å². The van der Waals surface area contributed by atoms with E-state index >= 15 is 0 Å². The van der Waals surface area contributed by atoms with E-state index < -0.39 is 0 Å². The number of hydrogen-bond acceptors (Lipinski definition) is 4. The van der Waals surface area contributed by atoms with Gasteiger partial charge in [-0.15, -0.1) is 11.3 Å². The summed E-state index contributed by atoms with van der Waals surface area (Å²) in [6.07, 6.45) is 0.677. The summed E-state index contributed by atoms with van der Waals surface area (Å²) in [6.45, 7) is 0.858. The fourth-order valence-corrected chi connectivity index (χ4v) is 2.15. The molecule has 0 radical (unpaired) electrons. The summed E-state index contributed by atoms with van der Waals surface area (Å²) < 4.78 is 4.64. The highest BCUT2D eigenvalue weighted by molar-refractivity contribution is 7.09.